The third kappa shape index (κ3) is 4.69. The van der Waals surface area contributed by atoms with Crippen LogP contribution in [0.15, 0.2) is 71.8 Å². The van der Waals surface area contributed by atoms with Crippen LogP contribution in [0.5, 0.6) is 0 Å². The van der Waals surface area contributed by atoms with Crippen molar-refractivity contribution in [1.29, 1.82) is 0 Å². The van der Waals surface area contributed by atoms with Crippen molar-refractivity contribution in [2.24, 2.45) is 0 Å². The number of pyridine rings is 1. The first-order valence-corrected chi connectivity index (χ1v) is 10.3. The Bertz CT molecular complexity index is 1280. The van der Waals surface area contributed by atoms with Gasteiger partial charge in [0.05, 0.1) is 6.04 Å². The second-order valence-corrected chi connectivity index (χ2v) is 7.61. The molecule has 0 radical (unpaired) electrons. The molecule has 1 unspecified atom stereocenters. The topological polar surface area (TPSA) is 87.7 Å². The average molecular weight is 412 g/mol. The second-order valence-electron chi connectivity index (χ2n) is 7.61. The van der Waals surface area contributed by atoms with Gasteiger partial charge in [-0.3, -0.25) is 14.6 Å². The minimum Gasteiger partial charge on any atom is -0.350 e. The van der Waals surface area contributed by atoms with Gasteiger partial charge >= 0.3 is 0 Å². The predicted octanol–water partition coefficient (Wildman–Crippen LogP) is 4.10. The molecule has 4 rings (SSSR count). The molecule has 6 nitrogen and oxygen atoms in total. The highest BCUT2D eigenvalue weighted by molar-refractivity contribution is 5.83. The Labute approximate surface area is 180 Å². The molecule has 156 valence electrons. The maximum Gasteiger partial charge on any atom is 0.254 e. The molecule has 31 heavy (non-hydrogen) atoms. The van der Waals surface area contributed by atoms with Gasteiger partial charge in [-0.2, -0.15) is 0 Å². The van der Waals surface area contributed by atoms with Gasteiger partial charge in [0, 0.05) is 35.6 Å². The summed E-state index contributed by atoms with van der Waals surface area (Å²) >= 11 is 0. The average Bonchev–Trinajstić information content (AvgIpc) is 2.78. The number of fused-ring (bicyclic) bond motifs is 1. The standard InChI is InChI=1S/C25H24N4O2/c1-16(20-8-7-18-5-3-4-6-21(18)15-20)27-23(30)10-9-22-17(2)28-24(29-25(22)31)19-11-13-26-14-12-19/h3-8,11-16H,9-10H2,1-2H3,(H,27,30)(H,28,29,31). The van der Waals surface area contributed by atoms with Gasteiger partial charge in [0.2, 0.25) is 5.91 Å². The number of aromatic amines is 1. The van der Waals surface area contributed by atoms with Crippen molar-refractivity contribution in [3.05, 3.63) is 94.2 Å². The Morgan fingerprint density at radius 1 is 1.06 bits per heavy atom. The van der Waals surface area contributed by atoms with Gasteiger partial charge in [-0.25, -0.2) is 4.98 Å². The van der Waals surface area contributed by atoms with Crippen LogP contribution >= 0.6 is 0 Å². The molecule has 6 heteroatoms. The molecular formula is C25H24N4O2. The van der Waals surface area contributed by atoms with Crippen LogP contribution in [0.4, 0.5) is 0 Å². The Balaban J connectivity index is 1.41. The predicted molar refractivity (Wildman–Crippen MR) is 122 cm³/mol. The Morgan fingerprint density at radius 2 is 1.81 bits per heavy atom. The molecule has 2 N–H and O–H groups in total. The molecular weight excluding hydrogens is 388 g/mol. The van der Waals surface area contributed by atoms with Gasteiger partial charge in [-0.1, -0.05) is 36.4 Å². The summed E-state index contributed by atoms with van der Waals surface area (Å²) in [6, 6.07) is 17.8. The van der Waals surface area contributed by atoms with E-state index >= 15 is 0 Å². The van der Waals surface area contributed by atoms with Crippen LogP contribution in [-0.2, 0) is 11.2 Å². The van der Waals surface area contributed by atoms with Gasteiger partial charge < -0.3 is 10.3 Å². The summed E-state index contributed by atoms with van der Waals surface area (Å²) in [7, 11) is 0. The molecule has 4 aromatic rings. The van der Waals surface area contributed by atoms with Crippen LogP contribution in [-0.4, -0.2) is 20.9 Å². The molecule has 0 saturated carbocycles. The number of aromatic nitrogens is 3. The summed E-state index contributed by atoms with van der Waals surface area (Å²) in [5.41, 5.74) is 2.79. The molecule has 1 atom stereocenters. The number of nitrogens with zero attached hydrogens (tertiary/aromatic N) is 2. The molecule has 0 bridgehead atoms. The van der Waals surface area contributed by atoms with Gasteiger partial charge in [0.25, 0.3) is 5.56 Å². The van der Waals surface area contributed by atoms with Crippen molar-refractivity contribution >= 4 is 16.7 Å². The van der Waals surface area contributed by atoms with Gasteiger partial charge in [0.15, 0.2) is 0 Å². The first-order valence-electron chi connectivity index (χ1n) is 10.3. The fourth-order valence-electron chi connectivity index (χ4n) is 3.66. The number of hydrogen-bond acceptors (Lipinski definition) is 4. The van der Waals surface area contributed by atoms with Gasteiger partial charge in [-0.05, 0) is 54.8 Å². The van der Waals surface area contributed by atoms with Crippen molar-refractivity contribution < 1.29 is 4.79 Å². The maximum atomic E-state index is 12.6. The van der Waals surface area contributed by atoms with Gasteiger partial charge in [-0.15, -0.1) is 0 Å². The third-order valence-corrected chi connectivity index (χ3v) is 5.43. The van der Waals surface area contributed by atoms with E-state index in [2.05, 4.69) is 44.5 Å². The lowest BCUT2D eigenvalue weighted by Gasteiger charge is -2.15. The summed E-state index contributed by atoms with van der Waals surface area (Å²) in [5, 5.41) is 5.34. The van der Waals surface area contributed by atoms with Crippen LogP contribution in [0.2, 0.25) is 0 Å². The fourth-order valence-corrected chi connectivity index (χ4v) is 3.66. The number of hydrogen-bond donors (Lipinski definition) is 2. The van der Waals surface area contributed by atoms with Crippen LogP contribution in [0, 0.1) is 6.92 Å². The number of carbonyl (C=O) groups is 1. The first kappa shape index (κ1) is 20.5. The summed E-state index contributed by atoms with van der Waals surface area (Å²) in [6.07, 6.45) is 3.86. The van der Waals surface area contributed by atoms with Crippen LogP contribution < -0.4 is 10.9 Å². The lowest BCUT2D eigenvalue weighted by Crippen LogP contribution is -2.28. The number of nitrogens with one attached hydrogen (secondary N) is 2. The Morgan fingerprint density at radius 3 is 2.55 bits per heavy atom. The van der Waals surface area contributed by atoms with E-state index in [-0.39, 0.29) is 23.9 Å². The summed E-state index contributed by atoms with van der Waals surface area (Å²) in [5.74, 6) is 0.403. The molecule has 2 aromatic heterocycles. The smallest absolute Gasteiger partial charge is 0.254 e. The van der Waals surface area contributed by atoms with E-state index in [1.807, 2.05) is 25.1 Å². The molecule has 2 heterocycles. The van der Waals surface area contributed by atoms with E-state index in [1.165, 1.54) is 5.39 Å². The second kappa shape index (κ2) is 8.92. The summed E-state index contributed by atoms with van der Waals surface area (Å²) in [6.45, 7) is 3.76. The SMILES string of the molecule is Cc1nc(-c2ccncc2)[nH]c(=O)c1CCC(=O)NC(C)c1ccc2ccccc2c1. The number of carbonyl (C=O) groups excluding carboxylic acids is 1. The highest BCUT2D eigenvalue weighted by Crippen LogP contribution is 2.20. The molecule has 1 amide bonds. The highest BCUT2D eigenvalue weighted by Gasteiger charge is 2.14. The van der Waals surface area contributed by atoms with Crippen molar-refractivity contribution in [2.75, 3.05) is 0 Å². The first-order chi connectivity index (χ1) is 15.0. The van der Waals surface area contributed by atoms with Crippen LogP contribution in [0.3, 0.4) is 0 Å². The molecule has 0 spiro atoms. The molecule has 0 aliphatic carbocycles. The van der Waals surface area contributed by atoms with Crippen molar-refractivity contribution in [2.45, 2.75) is 32.7 Å². The van der Waals surface area contributed by atoms with E-state index in [0.717, 1.165) is 16.5 Å². The Kier molecular flexibility index (Phi) is 5.89. The van der Waals surface area contributed by atoms with Crippen molar-refractivity contribution in [3.8, 4) is 11.4 Å². The van der Waals surface area contributed by atoms with Gasteiger partial charge in [0.1, 0.15) is 5.82 Å². The monoisotopic (exact) mass is 412 g/mol. The zero-order chi connectivity index (χ0) is 21.8. The fraction of sp³-hybridized carbons (Fsp3) is 0.200. The number of H-pyrrole nitrogens is 1. The quantitative estimate of drug-likeness (QED) is 0.499. The minimum atomic E-state index is -0.213. The summed E-state index contributed by atoms with van der Waals surface area (Å²) in [4.78, 5) is 36.4. The zero-order valence-electron chi connectivity index (χ0n) is 17.6. The summed E-state index contributed by atoms with van der Waals surface area (Å²) < 4.78 is 0. The normalized spacial score (nSPS) is 11.9. The Hall–Kier alpha value is -3.80. The van der Waals surface area contributed by atoms with E-state index in [4.69, 9.17) is 0 Å². The van der Waals surface area contributed by atoms with Crippen molar-refractivity contribution in [3.63, 3.8) is 0 Å². The van der Waals surface area contributed by atoms with Crippen LogP contribution in [0.1, 0.15) is 36.2 Å². The number of amides is 1. The minimum absolute atomic E-state index is 0.0994. The maximum absolute atomic E-state index is 12.6. The highest BCUT2D eigenvalue weighted by atomic mass is 16.1. The number of aryl methyl sites for hydroxylation is 1. The molecule has 0 aliphatic rings. The lowest BCUT2D eigenvalue weighted by molar-refractivity contribution is -0.121. The van der Waals surface area contributed by atoms with E-state index in [9.17, 15) is 9.59 Å². The lowest BCUT2D eigenvalue weighted by atomic mass is 10.0. The number of benzene rings is 2. The molecule has 2 aromatic carbocycles. The zero-order valence-corrected chi connectivity index (χ0v) is 17.6. The largest absolute Gasteiger partial charge is 0.350 e. The molecule has 0 saturated heterocycles. The number of rotatable bonds is 6. The molecule has 0 aliphatic heterocycles. The van der Waals surface area contributed by atoms with E-state index < -0.39 is 0 Å². The third-order valence-electron chi connectivity index (χ3n) is 5.43. The molecule has 0 fully saturated rings. The van der Waals surface area contributed by atoms with Crippen LogP contribution in [0.25, 0.3) is 22.2 Å². The van der Waals surface area contributed by atoms with E-state index in [1.54, 1.807) is 31.5 Å². The van der Waals surface area contributed by atoms with E-state index in [0.29, 0.717) is 23.5 Å². The van der Waals surface area contributed by atoms with Crippen molar-refractivity contribution in [1.82, 2.24) is 20.3 Å².